The number of hydrogen-bond acceptors (Lipinski definition) is 3. The van der Waals surface area contributed by atoms with Crippen LogP contribution in [0, 0.1) is 0 Å². The number of thioether (sulfide) groups is 1. The molecule has 0 aromatic carbocycles. The molecule has 1 rings (SSSR count). The van der Waals surface area contributed by atoms with Crippen molar-refractivity contribution in [1.82, 2.24) is 5.32 Å². The van der Waals surface area contributed by atoms with Gasteiger partial charge in [0.25, 0.3) is 0 Å². The first-order valence-electron chi connectivity index (χ1n) is 4.65. The highest BCUT2D eigenvalue weighted by Crippen LogP contribution is 2.20. The van der Waals surface area contributed by atoms with Gasteiger partial charge in [-0.25, -0.2) is 0 Å². The van der Waals surface area contributed by atoms with Crippen LogP contribution >= 0.6 is 23.1 Å². The van der Waals surface area contributed by atoms with Crippen LogP contribution in [0.15, 0.2) is 16.8 Å². The molecule has 0 radical (unpaired) electrons. The molecule has 1 aromatic heterocycles. The highest BCUT2D eigenvalue weighted by Gasteiger charge is 2.08. The van der Waals surface area contributed by atoms with Crippen molar-refractivity contribution < 1.29 is 0 Å². The lowest BCUT2D eigenvalue weighted by Gasteiger charge is -2.13. The summed E-state index contributed by atoms with van der Waals surface area (Å²) in [7, 11) is 2.04. The van der Waals surface area contributed by atoms with Gasteiger partial charge in [-0.3, -0.25) is 0 Å². The molecule has 0 saturated carbocycles. The second-order valence-electron chi connectivity index (χ2n) is 2.97. The standard InChI is InChI=1S/C10H17NS2/c1-3-5-12-8-10(11-2)9-4-6-13-7-9/h4,6-7,10-11H,3,5,8H2,1-2H3. The molecule has 1 nitrogen and oxygen atoms in total. The Hall–Kier alpha value is 0.01000. The summed E-state index contributed by atoms with van der Waals surface area (Å²) in [5.74, 6) is 2.45. The summed E-state index contributed by atoms with van der Waals surface area (Å²) in [5, 5.41) is 7.72. The second kappa shape index (κ2) is 6.46. The summed E-state index contributed by atoms with van der Waals surface area (Å²) >= 11 is 3.80. The minimum atomic E-state index is 0.530. The molecule has 3 heteroatoms. The molecular weight excluding hydrogens is 198 g/mol. The zero-order valence-electron chi connectivity index (χ0n) is 8.25. The maximum atomic E-state index is 3.35. The van der Waals surface area contributed by atoms with Gasteiger partial charge in [-0.15, -0.1) is 0 Å². The van der Waals surface area contributed by atoms with Crippen LogP contribution in [0.1, 0.15) is 24.9 Å². The zero-order chi connectivity index (χ0) is 9.52. The molecule has 0 saturated heterocycles. The maximum absolute atomic E-state index is 3.35. The van der Waals surface area contributed by atoms with Crippen molar-refractivity contribution in [3.05, 3.63) is 22.4 Å². The van der Waals surface area contributed by atoms with E-state index in [1.54, 1.807) is 11.3 Å². The highest BCUT2D eigenvalue weighted by atomic mass is 32.2. The van der Waals surface area contributed by atoms with Gasteiger partial charge in [-0.2, -0.15) is 23.1 Å². The van der Waals surface area contributed by atoms with Crippen LogP contribution in [0.2, 0.25) is 0 Å². The number of thiophene rings is 1. The first kappa shape index (κ1) is 11.1. The Labute approximate surface area is 88.9 Å². The molecule has 0 bridgehead atoms. The van der Waals surface area contributed by atoms with Crippen LogP contribution in [0.5, 0.6) is 0 Å². The van der Waals surface area contributed by atoms with E-state index in [1.165, 1.54) is 23.5 Å². The van der Waals surface area contributed by atoms with Gasteiger partial charge in [-0.05, 0) is 41.6 Å². The fourth-order valence-corrected chi connectivity index (χ4v) is 2.93. The average Bonchev–Trinajstić information content (AvgIpc) is 2.65. The van der Waals surface area contributed by atoms with E-state index >= 15 is 0 Å². The summed E-state index contributed by atoms with van der Waals surface area (Å²) in [5.41, 5.74) is 1.43. The van der Waals surface area contributed by atoms with Crippen molar-refractivity contribution in [3.8, 4) is 0 Å². The summed E-state index contributed by atoms with van der Waals surface area (Å²) in [6.45, 7) is 2.23. The van der Waals surface area contributed by atoms with Gasteiger partial charge in [-0.1, -0.05) is 6.92 Å². The van der Waals surface area contributed by atoms with Gasteiger partial charge >= 0.3 is 0 Å². The van der Waals surface area contributed by atoms with Crippen molar-refractivity contribution in [2.24, 2.45) is 0 Å². The van der Waals surface area contributed by atoms with Crippen LogP contribution < -0.4 is 5.32 Å². The lowest BCUT2D eigenvalue weighted by molar-refractivity contribution is 0.664. The average molecular weight is 215 g/mol. The van der Waals surface area contributed by atoms with Gasteiger partial charge in [0.1, 0.15) is 0 Å². The van der Waals surface area contributed by atoms with Crippen molar-refractivity contribution in [3.63, 3.8) is 0 Å². The molecule has 74 valence electrons. The third kappa shape index (κ3) is 3.71. The van der Waals surface area contributed by atoms with Gasteiger partial charge in [0.05, 0.1) is 0 Å². The highest BCUT2D eigenvalue weighted by molar-refractivity contribution is 7.99. The minimum absolute atomic E-state index is 0.530. The predicted octanol–water partition coefficient (Wildman–Crippen LogP) is 3.15. The molecule has 0 amide bonds. The quantitative estimate of drug-likeness (QED) is 0.732. The fourth-order valence-electron chi connectivity index (χ4n) is 1.17. The number of nitrogens with one attached hydrogen (secondary N) is 1. The molecule has 1 aromatic rings. The first-order valence-corrected chi connectivity index (χ1v) is 6.75. The van der Waals surface area contributed by atoms with E-state index in [2.05, 4.69) is 29.1 Å². The van der Waals surface area contributed by atoms with E-state index in [-0.39, 0.29) is 0 Å². The summed E-state index contributed by atoms with van der Waals surface area (Å²) in [6.07, 6.45) is 1.27. The molecule has 0 aliphatic heterocycles. The largest absolute Gasteiger partial charge is 0.312 e. The smallest absolute Gasteiger partial charge is 0.0417 e. The summed E-state index contributed by atoms with van der Waals surface area (Å²) in [4.78, 5) is 0. The zero-order valence-corrected chi connectivity index (χ0v) is 9.88. The first-order chi connectivity index (χ1) is 6.38. The van der Waals surface area contributed by atoms with Crippen LogP contribution in [-0.2, 0) is 0 Å². The third-order valence-corrected chi connectivity index (χ3v) is 3.89. The molecule has 0 spiro atoms. The van der Waals surface area contributed by atoms with E-state index in [4.69, 9.17) is 0 Å². The minimum Gasteiger partial charge on any atom is -0.312 e. The monoisotopic (exact) mass is 215 g/mol. The summed E-state index contributed by atoms with van der Waals surface area (Å²) in [6, 6.07) is 2.74. The molecule has 1 N–H and O–H groups in total. The van der Waals surface area contributed by atoms with Crippen molar-refractivity contribution in [1.29, 1.82) is 0 Å². The Morgan fingerprint density at radius 1 is 1.62 bits per heavy atom. The fraction of sp³-hybridized carbons (Fsp3) is 0.600. The van der Waals surface area contributed by atoms with E-state index in [0.717, 1.165) is 0 Å². The molecule has 13 heavy (non-hydrogen) atoms. The Balaban J connectivity index is 2.35. The topological polar surface area (TPSA) is 12.0 Å². The van der Waals surface area contributed by atoms with Crippen LogP contribution in [0.3, 0.4) is 0 Å². The van der Waals surface area contributed by atoms with Gasteiger partial charge in [0.15, 0.2) is 0 Å². The molecular formula is C10H17NS2. The van der Waals surface area contributed by atoms with E-state index in [9.17, 15) is 0 Å². The molecule has 0 fully saturated rings. The Bertz CT molecular complexity index is 209. The SMILES string of the molecule is CCCSCC(NC)c1ccsc1. The second-order valence-corrected chi connectivity index (χ2v) is 4.90. The third-order valence-electron chi connectivity index (χ3n) is 1.93. The van der Waals surface area contributed by atoms with Gasteiger partial charge in [0, 0.05) is 11.8 Å². The lowest BCUT2D eigenvalue weighted by Crippen LogP contribution is -2.18. The summed E-state index contributed by atoms with van der Waals surface area (Å²) < 4.78 is 0. The predicted molar refractivity (Wildman–Crippen MR) is 63.7 cm³/mol. The van der Waals surface area contributed by atoms with Crippen LogP contribution in [-0.4, -0.2) is 18.6 Å². The molecule has 1 heterocycles. The van der Waals surface area contributed by atoms with Crippen LogP contribution in [0.4, 0.5) is 0 Å². The maximum Gasteiger partial charge on any atom is 0.0417 e. The Kier molecular flexibility index (Phi) is 5.51. The van der Waals surface area contributed by atoms with Crippen molar-refractivity contribution in [2.45, 2.75) is 19.4 Å². The molecule has 1 atom stereocenters. The van der Waals surface area contributed by atoms with E-state index in [1.807, 2.05) is 18.8 Å². The number of rotatable bonds is 6. The normalized spacial score (nSPS) is 13.1. The molecule has 0 aliphatic carbocycles. The molecule has 1 unspecified atom stereocenters. The van der Waals surface area contributed by atoms with Gasteiger partial charge < -0.3 is 5.32 Å². The lowest BCUT2D eigenvalue weighted by atomic mass is 10.2. The Morgan fingerprint density at radius 3 is 3.00 bits per heavy atom. The Morgan fingerprint density at radius 2 is 2.46 bits per heavy atom. The van der Waals surface area contributed by atoms with E-state index in [0.29, 0.717) is 6.04 Å². The van der Waals surface area contributed by atoms with E-state index < -0.39 is 0 Å². The van der Waals surface area contributed by atoms with Crippen molar-refractivity contribution >= 4 is 23.1 Å². The van der Waals surface area contributed by atoms with Crippen LogP contribution in [0.25, 0.3) is 0 Å². The van der Waals surface area contributed by atoms with Crippen molar-refractivity contribution in [2.75, 3.05) is 18.6 Å². The molecule has 0 aliphatic rings. The van der Waals surface area contributed by atoms with Gasteiger partial charge in [0.2, 0.25) is 0 Å². The number of hydrogen-bond donors (Lipinski definition) is 1.